The van der Waals surface area contributed by atoms with E-state index in [0.717, 1.165) is 0 Å². The first-order valence-corrected chi connectivity index (χ1v) is 13.8. The summed E-state index contributed by atoms with van der Waals surface area (Å²) in [5, 5.41) is 12.3. The van der Waals surface area contributed by atoms with Gasteiger partial charge in [-0.2, -0.15) is 9.97 Å². The van der Waals surface area contributed by atoms with E-state index < -0.39 is 11.7 Å². The maximum absolute atomic E-state index is 16.5. The summed E-state index contributed by atoms with van der Waals surface area (Å²) < 4.78 is 48.8. The van der Waals surface area contributed by atoms with Crippen LogP contribution in [0.2, 0.25) is 5.02 Å². The number of halogens is 4. The third-order valence-electron chi connectivity index (χ3n) is 7.57. The maximum Gasteiger partial charge on any atom is 0.319 e. The SMILES string of the molecule is C=CC(=O)N1CCN(c2nc(OCCN3CC(F)(F)C3)nc3c(F)c(-c4cc(O)cc5ccccc45)c(Cl)cc23)CC1. The van der Waals surface area contributed by atoms with Gasteiger partial charge in [0.15, 0.2) is 5.82 Å². The Morgan fingerprint density at radius 3 is 2.55 bits per heavy atom. The molecule has 0 spiro atoms. The average molecular weight is 598 g/mol. The van der Waals surface area contributed by atoms with Crippen LogP contribution in [-0.2, 0) is 4.79 Å². The minimum Gasteiger partial charge on any atom is -0.508 e. The molecular weight excluding hydrogens is 571 g/mol. The minimum atomic E-state index is -2.70. The normalized spacial score (nSPS) is 17.0. The summed E-state index contributed by atoms with van der Waals surface area (Å²) in [7, 11) is 0. The predicted octanol–water partition coefficient (Wildman–Crippen LogP) is 5.11. The smallest absolute Gasteiger partial charge is 0.319 e. The van der Waals surface area contributed by atoms with Gasteiger partial charge in [0.05, 0.1) is 18.1 Å². The number of fused-ring (bicyclic) bond motifs is 2. The maximum atomic E-state index is 16.5. The highest BCUT2D eigenvalue weighted by atomic mass is 35.5. The number of benzene rings is 3. The molecule has 3 aromatic carbocycles. The highest BCUT2D eigenvalue weighted by molar-refractivity contribution is 6.35. The van der Waals surface area contributed by atoms with Crippen LogP contribution >= 0.6 is 11.6 Å². The number of amides is 1. The molecule has 0 unspecified atom stereocenters. The Morgan fingerprint density at radius 1 is 1.10 bits per heavy atom. The number of hydrogen-bond donors (Lipinski definition) is 1. The summed E-state index contributed by atoms with van der Waals surface area (Å²) in [5.74, 6) is -3.26. The molecule has 0 bridgehead atoms. The quantitative estimate of drug-likeness (QED) is 0.297. The second-order valence-corrected chi connectivity index (χ2v) is 10.8. The minimum absolute atomic E-state index is 0.0297. The van der Waals surface area contributed by atoms with Crippen molar-refractivity contribution < 1.29 is 27.8 Å². The van der Waals surface area contributed by atoms with Crippen LogP contribution in [0.25, 0.3) is 32.8 Å². The first-order chi connectivity index (χ1) is 20.1. The van der Waals surface area contributed by atoms with E-state index >= 15 is 4.39 Å². The van der Waals surface area contributed by atoms with Gasteiger partial charge >= 0.3 is 6.01 Å². The number of hydrogen-bond acceptors (Lipinski definition) is 7. The second kappa shape index (κ2) is 11.0. The summed E-state index contributed by atoms with van der Waals surface area (Å²) in [6.07, 6.45) is 1.26. The van der Waals surface area contributed by atoms with Crippen LogP contribution in [0.4, 0.5) is 19.0 Å². The van der Waals surface area contributed by atoms with E-state index in [1.807, 2.05) is 29.2 Å². The van der Waals surface area contributed by atoms with E-state index in [-0.39, 0.29) is 60.0 Å². The molecule has 2 fully saturated rings. The van der Waals surface area contributed by atoms with Crippen LogP contribution in [0.3, 0.4) is 0 Å². The van der Waals surface area contributed by atoms with Crippen molar-refractivity contribution in [1.29, 1.82) is 0 Å². The number of nitrogens with zero attached hydrogens (tertiary/aromatic N) is 5. The zero-order valence-corrected chi connectivity index (χ0v) is 23.3. The lowest BCUT2D eigenvalue weighted by Gasteiger charge is -2.38. The molecule has 2 aliphatic heterocycles. The summed E-state index contributed by atoms with van der Waals surface area (Å²) in [6, 6.07) is 11.8. The zero-order valence-electron chi connectivity index (χ0n) is 22.5. The fraction of sp³-hybridized carbons (Fsp3) is 0.300. The van der Waals surface area contributed by atoms with E-state index in [2.05, 4.69) is 16.5 Å². The van der Waals surface area contributed by atoms with Gasteiger partial charge in [-0.15, -0.1) is 0 Å². The molecule has 4 aromatic rings. The lowest BCUT2D eigenvalue weighted by Crippen LogP contribution is -2.57. The molecule has 218 valence electrons. The monoisotopic (exact) mass is 597 g/mol. The van der Waals surface area contributed by atoms with Crippen molar-refractivity contribution in [3.05, 3.63) is 66.0 Å². The number of phenolic OH excluding ortho intramolecular Hbond substituents is 1. The van der Waals surface area contributed by atoms with Gasteiger partial charge in [-0.3, -0.25) is 9.69 Å². The molecule has 1 amide bonds. The molecule has 42 heavy (non-hydrogen) atoms. The summed E-state index contributed by atoms with van der Waals surface area (Å²) in [6.45, 7) is 4.74. The number of carbonyl (C=O) groups excluding carboxylic acids is 1. The van der Waals surface area contributed by atoms with Gasteiger partial charge in [0.25, 0.3) is 5.92 Å². The second-order valence-electron chi connectivity index (χ2n) is 10.4. The Labute approximate surface area is 244 Å². The molecule has 2 aliphatic rings. The molecule has 12 heteroatoms. The van der Waals surface area contributed by atoms with Crippen molar-refractivity contribution in [2.45, 2.75) is 5.92 Å². The molecule has 3 heterocycles. The van der Waals surface area contributed by atoms with Crippen molar-refractivity contribution >= 4 is 45.0 Å². The molecule has 1 aromatic heterocycles. The number of alkyl halides is 2. The van der Waals surface area contributed by atoms with Crippen molar-refractivity contribution in [1.82, 2.24) is 19.8 Å². The molecule has 1 N–H and O–H groups in total. The number of carbonyl (C=O) groups is 1. The van der Waals surface area contributed by atoms with Gasteiger partial charge in [0, 0.05) is 43.7 Å². The fourth-order valence-corrected chi connectivity index (χ4v) is 5.81. The van der Waals surface area contributed by atoms with Gasteiger partial charge < -0.3 is 19.6 Å². The van der Waals surface area contributed by atoms with Crippen molar-refractivity contribution in [3.8, 4) is 22.9 Å². The molecule has 8 nitrogen and oxygen atoms in total. The summed E-state index contributed by atoms with van der Waals surface area (Å²) in [5.41, 5.74) is 0.422. The standard InChI is InChI=1S/C30H27ClF3N5O3/c1-2-24(41)38-7-9-39(10-8-38)28-22-15-23(31)25(21-14-19(40)13-18-5-3-4-6-20(18)21)26(32)27(22)35-29(36-28)42-12-11-37-16-30(33,34)17-37/h2-6,13-15,40H,1,7-12,16-17H2. The number of aromatic nitrogens is 2. The molecule has 6 rings (SSSR count). The Kier molecular flexibility index (Phi) is 7.32. The third kappa shape index (κ3) is 5.30. The van der Waals surface area contributed by atoms with Crippen LogP contribution in [0.1, 0.15) is 0 Å². The van der Waals surface area contributed by atoms with E-state index in [0.29, 0.717) is 53.7 Å². The van der Waals surface area contributed by atoms with Crippen molar-refractivity contribution in [2.24, 2.45) is 0 Å². The van der Waals surface area contributed by atoms with Gasteiger partial charge in [0.1, 0.15) is 23.7 Å². The van der Waals surface area contributed by atoms with Gasteiger partial charge in [0.2, 0.25) is 5.91 Å². The number of likely N-dealkylation sites (tertiary alicyclic amines) is 1. The van der Waals surface area contributed by atoms with E-state index in [1.54, 1.807) is 21.9 Å². The van der Waals surface area contributed by atoms with Crippen molar-refractivity contribution in [3.63, 3.8) is 0 Å². The molecule has 0 saturated carbocycles. The number of anilines is 1. The average Bonchev–Trinajstić information content (AvgIpc) is 2.95. The molecule has 0 aliphatic carbocycles. The van der Waals surface area contributed by atoms with Crippen LogP contribution in [0.5, 0.6) is 11.8 Å². The first kappa shape index (κ1) is 28.0. The zero-order chi connectivity index (χ0) is 29.6. The Balaban J connectivity index is 1.42. The fourth-order valence-electron chi connectivity index (χ4n) is 5.51. The topological polar surface area (TPSA) is 82.0 Å². The largest absolute Gasteiger partial charge is 0.508 e. The lowest BCUT2D eigenvalue weighted by atomic mass is 9.96. The van der Waals surface area contributed by atoms with E-state index in [4.69, 9.17) is 16.3 Å². The van der Waals surface area contributed by atoms with E-state index in [1.165, 1.54) is 12.1 Å². The first-order valence-electron chi connectivity index (χ1n) is 13.4. The predicted molar refractivity (Wildman–Crippen MR) is 155 cm³/mol. The molecular formula is C30H27ClF3N5O3. The van der Waals surface area contributed by atoms with Gasteiger partial charge in [-0.25, -0.2) is 13.2 Å². The summed E-state index contributed by atoms with van der Waals surface area (Å²) in [4.78, 5) is 26.2. The number of ether oxygens (including phenoxy) is 1. The molecule has 0 radical (unpaired) electrons. The Bertz CT molecular complexity index is 1700. The number of rotatable bonds is 7. The number of phenols is 1. The van der Waals surface area contributed by atoms with Crippen LogP contribution < -0.4 is 9.64 Å². The lowest BCUT2D eigenvalue weighted by molar-refractivity contribution is -0.132. The number of aromatic hydroxyl groups is 1. The van der Waals surface area contributed by atoms with Gasteiger partial charge in [-0.1, -0.05) is 42.4 Å². The molecule has 2 saturated heterocycles. The molecule has 0 atom stereocenters. The third-order valence-corrected chi connectivity index (χ3v) is 7.87. The Hall–Kier alpha value is -4.09. The van der Waals surface area contributed by atoms with Crippen LogP contribution in [0, 0.1) is 5.82 Å². The highest BCUT2D eigenvalue weighted by Crippen LogP contribution is 2.42. The highest BCUT2D eigenvalue weighted by Gasteiger charge is 2.43. The van der Waals surface area contributed by atoms with E-state index in [9.17, 15) is 18.7 Å². The number of piperazine rings is 1. The van der Waals surface area contributed by atoms with Crippen LogP contribution in [-0.4, -0.2) is 89.1 Å². The van der Waals surface area contributed by atoms with Crippen LogP contribution in [0.15, 0.2) is 55.1 Å². The van der Waals surface area contributed by atoms with Gasteiger partial charge in [-0.05, 0) is 40.6 Å². The van der Waals surface area contributed by atoms with Crippen molar-refractivity contribution in [2.75, 3.05) is 57.3 Å². The summed E-state index contributed by atoms with van der Waals surface area (Å²) >= 11 is 6.74. The Morgan fingerprint density at radius 2 is 1.83 bits per heavy atom.